The molecular formula is C11H25O4P. The Hall–Kier alpha value is 0.110. The monoisotopic (exact) mass is 252 g/mol. The first-order chi connectivity index (χ1) is 7.31. The number of rotatable bonds is 9. The Morgan fingerprint density at radius 3 is 1.88 bits per heavy atom. The van der Waals surface area contributed by atoms with Crippen LogP contribution in [-0.4, -0.2) is 20.2 Å². The summed E-state index contributed by atoms with van der Waals surface area (Å²) in [6, 6.07) is 0. The molecule has 0 aliphatic heterocycles. The highest BCUT2D eigenvalue weighted by atomic mass is 31.2. The summed E-state index contributed by atoms with van der Waals surface area (Å²) in [7, 11) is -4.38. The van der Waals surface area contributed by atoms with Gasteiger partial charge in [-0.1, -0.05) is 45.4 Å². The molecule has 3 N–H and O–H groups in total. The Morgan fingerprint density at radius 2 is 1.44 bits per heavy atom. The lowest BCUT2D eigenvalue weighted by Gasteiger charge is -2.24. The summed E-state index contributed by atoms with van der Waals surface area (Å²) in [5.41, 5.74) is 0. The molecule has 0 saturated carbocycles. The topological polar surface area (TPSA) is 77.8 Å². The molecule has 4 nitrogen and oxygen atoms in total. The van der Waals surface area contributed by atoms with Crippen LogP contribution >= 0.6 is 7.60 Å². The zero-order valence-electron chi connectivity index (χ0n) is 10.4. The Balaban J connectivity index is 3.55. The van der Waals surface area contributed by atoms with E-state index in [0.29, 0.717) is 6.42 Å². The van der Waals surface area contributed by atoms with Gasteiger partial charge in [-0.3, -0.25) is 4.57 Å². The zero-order chi connectivity index (χ0) is 12.7. The van der Waals surface area contributed by atoms with Crippen molar-refractivity contribution < 1.29 is 19.5 Å². The smallest absolute Gasteiger partial charge is 0.356 e. The molecule has 0 heterocycles. The molecule has 0 saturated heterocycles. The third kappa shape index (κ3) is 6.64. The van der Waals surface area contributed by atoms with Crippen molar-refractivity contribution in [2.45, 2.75) is 70.6 Å². The molecule has 1 atom stereocenters. The van der Waals surface area contributed by atoms with Gasteiger partial charge in [0, 0.05) is 0 Å². The molecule has 16 heavy (non-hydrogen) atoms. The lowest BCUT2D eigenvalue weighted by Crippen LogP contribution is -2.23. The zero-order valence-corrected chi connectivity index (χ0v) is 11.2. The minimum absolute atomic E-state index is 0.172. The van der Waals surface area contributed by atoms with Crippen molar-refractivity contribution in [3.05, 3.63) is 0 Å². The van der Waals surface area contributed by atoms with Gasteiger partial charge < -0.3 is 14.9 Å². The summed E-state index contributed by atoms with van der Waals surface area (Å²) in [6.07, 6.45) is 7.72. The lowest BCUT2D eigenvalue weighted by molar-refractivity contribution is 0.0971. The van der Waals surface area contributed by atoms with Crippen molar-refractivity contribution in [3.8, 4) is 0 Å². The quantitative estimate of drug-likeness (QED) is 0.435. The first-order valence-corrected chi connectivity index (χ1v) is 7.70. The predicted octanol–water partition coefficient (Wildman–Crippen LogP) is 3.01. The second-order valence-electron chi connectivity index (χ2n) is 4.63. The van der Waals surface area contributed by atoms with E-state index in [0.717, 1.165) is 12.8 Å². The van der Waals surface area contributed by atoms with E-state index < -0.39 is 12.9 Å². The highest BCUT2D eigenvalue weighted by Crippen LogP contribution is 2.50. The predicted molar refractivity (Wildman–Crippen MR) is 65.3 cm³/mol. The average molecular weight is 252 g/mol. The maximum atomic E-state index is 10.9. The third-order valence-electron chi connectivity index (χ3n) is 2.88. The van der Waals surface area contributed by atoms with Gasteiger partial charge in [-0.25, -0.2) is 0 Å². The second-order valence-corrected chi connectivity index (χ2v) is 6.68. The Bertz CT molecular complexity index is 222. The summed E-state index contributed by atoms with van der Waals surface area (Å²) >= 11 is 0. The van der Waals surface area contributed by atoms with Crippen molar-refractivity contribution in [1.29, 1.82) is 0 Å². The number of hydrogen-bond acceptors (Lipinski definition) is 2. The molecule has 0 spiro atoms. The largest absolute Gasteiger partial charge is 0.378 e. The van der Waals surface area contributed by atoms with Crippen molar-refractivity contribution in [3.63, 3.8) is 0 Å². The molecule has 0 aromatic rings. The van der Waals surface area contributed by atoms with Gasteiger partial charge in [0.05, 0.1) is 0 Å². The second kappa shape index (κ2) is 7.44. The fourth-order valence-electron chi connectivity index (χ4n) is 1.56. The van der Waals surface area contributed by atoms with Gasteiger partial charge in [-0.15, -0.1) is 0 Å². The molecule has 0 aromatic carbocycles. The van der Waals surface area contributed by atoms with E-state index in [-0.39, 0.29) is 6.42 Å². The standard InChI is InChI=1S/C11H25O4P/c1-3-4-5-6-7-8-9-10-11(2,12)16(13,14)15/h12H,3-10H2,1-2H3,(H2,13,14,15). The molecule has 0 bridgehead atoms. The number of aliphatic hydroxyl groups is 1. The summed E-state index contributed by atoms with van der Waals surface area (Å²) in [5, 5.41) is 7.68. The maximum Gasteiger partial charge on any atom is 0.356 e. The van der Waals surface area contributed by atoms with Gasteiger partial charge in [-0.2, -0.15) is 0 Å². The Labute approximate surface area is 98.2 Å². The van der Waals surface area contributed by atoms with Crippen LogP contribution in [0, 0.1) is 0 Å². The summed E-state index contributed by atoms with van der Waals surface area (Å²) in [5.74, 6) is 0. The first kappa shape index (κ1) is 16.1. The minimum atomic E-state index is -4.38. The molecule has 0 radical (unpaired) electrons. The molecule has 0 amide bonds. The SMILES string of the molecule is CCCCCCCCCC(C)(O)P(=O)(O)O. The normalized spacial score (nSPS) is 16.1. The molecule has 5 heteroatoms. The molecule has 0 aliphatic rings. The van der Waals surface area contributed by atoms with E-state index in [2.05, 4.69) is 6.92 Å². The van der Waals surface area contributed by atoms with Crippen LogP contribution in [-0.2, 0) is 4.57 Å². The van der Waals surface area contributed by atoms with Crippen LogP contribution in [0.1, 0.15) is 65.2 Å². The lowest BCUT2D eigenvalue weighted by atomic mass is 10.1. The molecule has 0 aromatic heterocycles. The van der Waals surface area contributed by atoms with Crippen LogP contribution in [0.2, 0.25) is 0 Å². The van der Waals surface area contributed by atoms with E-state index >= 15 is 0 Å². The van der Waals surface area contributed by atoms with Crippen molar-refractivity contribution in [2.24, 2.45) is 0 Å². The van der Waals surface area contributed by atoms with Gasteiger partial charge in [0.25, 0.3) is 0 Å². The molecular weight excluding hydrogens is 227 g/mol. The van der Waals surface area contributed by atoms with Crippen LogP contribution in [0.15, 0.2) is 0 Å². The maximum absolute atomic E-state index is 10.9. The first-order valence-electron chi connectivity index (χ1n) is 6.09. The third-order valence-corrected chi connectivity index (χ3v) is 4.36. The van der Waals surface area contributed by atoms with Crippen molar-refractivity contribution in [2.75, 3.05) is 0 Å². The fraction of sp³-hybridized carbons (Fsp3) is 1.00. The Kier molecular flexibility index (Phi) is 7.49. The summed E-state index contributed by atoms with van der Waals surface area (Å²) in [4.78, 5) is 17.8. The molecule has 98 valence electrons. The van der Waals surface area contributed by atoms with Crippen molar-refractivity contribution >= 4 is 7.60 Å². The van der Waals surface area contributed by atoms with Gasteiger partial charge in [0.1, 0.15) is 0 Å². The summed E-state index contributed by atoms with van der Waals surface area (Å²) in [6.45, 7) is 3.38. The number of unbranched alkanes of at least 4 members (excludes halogenated alkanes) is 6. The van der Waals surface area contributed by atoms with Gasteiger partial charge in [-0.05, 0) is 19.8 Å². The van der Waals surface area contributed by atoms with Crippen molar-refractivity contribution in [1.82, 2.24) is 0 Å². The van der Waals surface area contributed by atoms with Gasteiger partial charge >= 0.3 is 7.60 Å². The van der Waals surface area contributed by atoms with Gasteiger partial charge in [0.2, 0.25) is 0 Å². The molecule has 0 fully saturated rings. The highest BCUT2D eigenvalue weighted by Gasteiger charge is 2.39. The van der Waals surface area contributed by atoms with E-state index in [1.165, 1.54) is 32.6 Å². The van der Waals surface area contributed by atoms with E-state index in [4.69, 9.17) is 9.79 Å². The van der Waals surface area contributed by atoms with E-state index in [1.54, 1.807) is 0 Å². The van der Waals surface area contributed by atoms with E-state index in [9.17, 15) is 9.67 Å². The number of hydrogen-bond donors (Lipinski definition) is 3. The molecule has 1 unspecified atom stereocenters. The molecule has 0 aliphatic carbocycles. The minimum Gasteiger partial charge on any atom is -0.378 e. The van der Waals surface area contributed by atoms with Crippen LogP contribution < -0.4 is 0 Å². The van der Waals surface area contributed by atoms with Crippen LogP contribution in [0.3, 0.4) is 0 Å². The fourth-order valence-corrected chi connectivity index (χ4v) is 2.01. The van der Waals surface area contributed by atoms with Crippen LogP contribution in [0.25, 0.3) is 0 Å². The average Bonchev–Trinajstić information content (AvgIpc) is 2.14. The molecule has 0 rings (SSSR count). The van der Waals surface area contributed by atoms with Gasteiger partial charge in [0.15, 0.2) is 5.34 Å². The highest BCUT2D eigenvalue weighted by molar-refractivity contribution is 7.53. The summed E-state index contributed by atoms with van der Waals surface area (Å²) < 4.78 is 10.9. The van der Waals surface area contributed by atoms with E-state index in [1.807, 2.05) is 0 Å². The van der Waals surface area contributed by atoms with Crippen LogP contribution in [0.5, 0.6) is 0 Å². The van der Waals surface area contributed by atoms with Crippen LogP contribution in [0.4, 0.5) is 0 Å². The Morgan fingerprint density at radius 1 is 1.00 bits per heavy atom.